The zero-order valence-electron chi connectivity index (χ0n) is 17.5. The fourth-order valence-electron chi connectivity index (χ4n) is 3.22. The maximum Gasteiger partial charge on any atom is 0.187 e. The molecule has 2 aromatic carbocycles. The van der Waals surface area contributed by atoms with Crippen molar-refractivity contribution < 1.29 is 23.7 Å². The molecular weight excluding hydrogens is 406 g/mol. The monoisotopic (exact) mass is 431 g/mol. The van der Waals surface area contributed by atoms with E-state index in [1.807, 2.05) is 48.6 Å². The van der Waals surface area contributed by atoms with Crippen LogP contribution in [0.1, 0.15) is 11.1 Å². The van der Waals surface area contributed by atoms with Crippen LogP contribution in [0.4, 0.5) is 0 Å². The first-order valence-corrected chi connectivity index (χ1v) is 9.20. The van der Waals surface area contributed by atoms with E-state index in [1.54, 1.807) is 28.4 Å². The Bertz CT molecular complexity index is 893. The number of halogens is 1. The van der Waals surface area contributed by atoms with E-state index in [-0.39, 0.29) is 18.2 Å². The van der Waals surface area contributed by atoms with E-state index in [1.165, 1.54) is 0 Å². The number of ketones is 1. The summed E-state index contributed by atoms with van der Waals surface area (Å²) in [5.41, 5.74) is 3.13. The van der Waals surface area contributed by atoms with Gasteiger partial charge in [-0.3, -0.25) is 4.79 Å². The molecule has 160 valence electrons. The summed E-state index contributed by atoms with van der Waals surface area (Å²) in [6.45, 7) is 1.02. The van der Waals surface area contributed by atoms with Gasteiger partial charge in [-0.15, -0.1) is 12.4 Å². The largest absolute Gasteiger partial charge is 0.493 e. The third-order valence-corrected chi connectivity index (χ3v) is 4.71. The normalized spacial score (nSPS) is 16.2. The van der Waals surface area contributed by atoms with Gasteiger partial charge in [0.15, 0.2) is 28.8 Å². The van der Waals surface area contributed by atoms with Crippen molar-refractivity contribution in [3.8, 4) is 23.0 Å². The minimum atomic E-state index is 0. The zero-order chi connectivity index (χ0) is 20.8. The molecule has 1 aliphatic heterocycles. The van der Waals surface area contributed by atoms with E-state index >= 15 is 0 Å². The molecule has 1 N–H and O–H groups in total. The summed E-state index contributed by atoms with van der Waals surface area (Å²) in [4.78, 5) is 13.0. The molecule has 7 heteroatoms. The second kappa shape index (κ2) is 10.7. The van der Waals surface area contributed by atoms with Gasteiger partial charge in [-0.25, -0.2) is 0 Å². The van der Waals surface area contributed by atoms with Crippen LogP contribution >= 0.6 is 12.4 Å². The molecule has 0 aliphatic carbocycles. The molecule has 0 bridgehead atoms. The molecular formula is C23H26ClNO5. The number of benzene rings is 2. The van der Waals surface area contributed by atoms with Crippen LogP contribution in [0.3, 0.4) is 0 Å². The quantitative estimate of drug-likeness (QED) is 0.702. The van der Waals surface area contributed by atoms with Crippen LogP contribution < -0.4 is 24.3 Å². The van der Waals surface area contributed by atoms with Crippen molar-refractivity contribution in [3.63, 3.8) is 0 Å². The minimum absolute atomic E-state index is 0. The molecule has 0 aromatic heterocycles. The molecule has 6 nitrogen and oxygen atoms in total. The van der Waals surface area contributed by atoms with Gasteiger partial charge in [0.25, 0.3) is 0 Å². The number of Topliss-reactive ketones (excluding diaryl/α,β-unsaturated/α-hetero) is 1. The van der Waals surface area contributed by atoms with Crippen LogP contribution in [0.15, 0.2) is 47.5 Å². The van der Waals surface area contributed by atoms with Gasteiger partial charge in [-0.2, -0.15) is 0 Å². The second-order valence-electron chi connectivity index (χ2n) is 6.50. The van der Waals surface area contributed by atoms with Crippen molar-refractivity contribution in [1.82, 2.24) is 5.32 Å². The molecule has 1 fully saturated rings. The predicted molar refractivity (Wildman–Crippen MR) is 120 cm³/mol. The van der Waals surface area contributed by atoms with Crippen molar-refractivity contribution in [3.05, 3.63) is 58.7 Å². The Labute approximate surface area is 182 Å². The average Bonchev–Trinajstić information content (AvgIpc) is 2.76. The molecule has 1 heterocycles. The zero-order valence-corrected chi connectivity index (χ0v) is 18.3. The fraction of sp³-hybridized carbons (Fsp3) is 0.261. The van der Waals surface area contributed by atoms with Crippen molar-refractivity contribution in [2.24, 2.45) is 0 Å². The molecule has 1 saturated heterocycles. The van der Waals surface area contributed by atoms with E-state index in [0.29, 0.717) is 47.2 Å². The van der Waals surface area contributed by atoms with E-state index in [2.05, 4.69) is 5.32 Å². The topological polar surface area (TPSA) is 66.0 Å². The number of nitrogens with one attached hydrogen (secondary N) is 1. The molecule has 1 aliphatic rings. The maximum atomic E-state index is 13.0. The third-order valence-electron chi connectivity index (χ3n) is 4.71. The smallest absolute Gasteiger partial charge is 0.187 e. The van der Waals surface area contributed by atoms with Crippen LogP contribution in [-0.4, -0.2) is 47.3 Å². The Hall–Kier alpha value is -2.96. The molecule has 0 amide bonds. The number of hydrogen-bond donors (Lipinski definition) is 1. The van der Waals surface area contributed by atoms with Gasteiger partial charge in [0, 0.05) is 24.2 Å². The summed E-state index contributed by atoms with van der Waals surface area (Å²) in [7, 11) is 6.36. The number of rotatable bonds is 6. The fourth-order valence-corrected chi connectivity index (χ4v) is 3.22. The van der Waals surface area contributed by atoms with Gasteiger partial charge in [0.1, 0.15) is 0 Å². The molecule has 3 rings (SSSR count). The van der Waals surface area contributed by atoms with Crippen LogP contribution in [0.5, 0.6) is 23.0 Å². The molecule has 2 aromatic rings. The lowest BCUT2D eigenvalue weighted by molar-refractivity contribution is -0.112. The predicted octanol–water partition coefficient (Wildman–Crippen LogP) is 3.78. The third kappa shape index (κ3) is 5.14. The average molecular weight is 432 g/mol. The lowest BCUT2D eigenvalue weighted by Gasteiger charge is -2.18. The highest BCUT2D eigenvalue weighted by Gasteiger charge is 2.20. The van der Waals surface area contributed by atoms with Gasteiger partial charge in [-0.1, -0.05) is 12.1 Å². The summed E-state index contributed by atoms with van der Waals surface area (Å²) < 4.78 is 21.2. The van der Waals surface area contributed by atoms with Crippen LogP contribution in [0.2, 0.25) is 0 Å². The SMILES string of the molecule is COc1ccc(C=C2CNCC(=Cc3ccc(OC)c(OC)c3)C2=O)cc1OC.Cl. The molecule has 0 radical (unpaired) electrons. The standard InChI is InChI=1S/C23H25NO5.ClH/c1-26-19-7-5-15(11-21(19)28-3)9-17-13-24-14-18(23(17)25)10-16-6-8-20(27-2)22(12-16)29-4;/h5-12,24H,13-14H2,1-4H3;1H. The van der Waals surface area contributed by atoms with Crippen LogP contribution in [0.25, 0.3) is 12.2 Å². The Morgan fingerprint density at radius 3 is 1.47 bits per heavy atom. The maximum absolute atomic E-state index is 13.0. The first kappa shape index (κ1) is 23.3. The number of hydrogen-bond acceptors (Lipinski definition) is 6. The van der Waals surface area contributed by atoms with Gasteiger partial charge >= 0.3 is 0 Å². The molecule has 0 saturated carbocycles. The van der Waals surface area contributed by atoms with Crippen LogP contribution in [-0.2, 0) is 4.79 Å². The number of carbonyl (C=O) groups excluding carboxylic acids is 1. The molecule has 0 spiro atoms. The van der Waals surface area contributed by atoms with Crippen molar-refractivity contribution in [1.29, 1.82) is 0 Å². The van der Waals surface area contributed by atoms with Crippen molar-refractivity contribution in [2.45, 2.75) is 0 Å². The molecule has 0 unspecified atom stereocenters. The van der Waals surface area contributed by atoms with E-state index < -0.39 is 0 Å². The van der Waals surface area contributed by atoms with E-state index in [9.17, 15) is 4.79 Å². The second-order valence-corrected chi connectivity index (χ2v) is 6.50. The summed E-state index contributed by atoms with van der Waals surface area (Å²) in [5.74, 6) is 2.57. The Balaban J connectivity index is 0.00000320. The highest BCUT2D eigenvalue weighted by molar-refractivity contribution is 6.14. The summed E-state index contributed by atoms with van der Waals surface area (Å²) >= 11 is 0. The van der Waals surface area contributed by atoms with Gasteiger partial charge in [-0.05, 0) is 47.5 Å². The van der Waals surface area contributed by atoms with Gasteiger partial charge in [0.05, 0.1) is 28.4 Å². The number of ether oxygens (including phenoxy) is 4. The Morgan fingerprint density at radius 1 is 0.700 bits per heavy atom. The summed E-state index contributed by atoms with van der Waals surface area (Å²) in [5, 5.41) is 3.29. The first-order valence-electron chi connectivity index (χ1n) is 9.20. The van der Waals surface area contributed by atoms with Gasteiger partial charge < -0.3 is 24.3 Å². The highest BCUT2D eigenvalue weighted by Crippen LogP contribution is 2.30. The number of piperidine rings is 1. The summed E-state index contributed by atoms with van der Waals surface area (Å²) in [6.07, 6.45) is 3.75. The molecule has 0 atom stereocenters. The minimum Gasteiger partial charge on any atom is -0.493 e. The lowest BCUT2D eigenvalue weighted by atomic mass is 9.95. The lowest BCUT2D eigenvalue weighted by Crippen LogP contribution is -2.32. The summed E-state index contributed by atoms with van der Waals surface area (Å²) in [6, 6.07) is 11.2. The van der Waals surface area contributed by atoms with Crippen molar-refractivity contribution in [2.75, 3.05) is 41.5 Å². The van der Waals surface area contributed by atoms with Crippen molar-refractivity contribution >= 4 is 30.3 Å². The number of carbonyl (C=O) groups is 1. The van der Waals surface area contributed by atoms with Crippen LogP contribution in [0, 0.1) is 0 Å². The first-order chi connectivity index (χ1) is 14.1. The Morgan fingerprint density at radius 2 is 1.10 bits per heavy atom. The molecule has 30 heavy (non-hydrogen) atoms. The highest BCUT2D eigenvalue weighted by atomic mass is 35.5. The van der Waals surface area contributed by atoms with Gasteiger partial charge in [0.2, 0.25) is 0 Å². The number of methoxy groups -OCH3 is 4. The van der Waals surface area contributed by atoms with E-state index in [0.717, 1.165) is 11.1 Å². The van der Waals surface area contributed by atoms with E-state index in [4.69, 9.17) is 18.9 Å². The Kier molecular flexibility index (Phi) is 8.33.